The third-order valence-electron chi connectivity index (χ3n) is 3.13. The van der Waals surface area contributed by atoms with E-state index in [9.17, 15) is 14.7 Å². The Labute approximate surface area is 108 Å². The minimum Gasteiger partial charge on any atom is -0.479 e. The summed E-state index contributed by atoms with van der Waals surface area (Å²) in [6.45, 7) is 3.29. The van der Waals surface area contributed by atoms with Gasteiger partial charge in [-0.15, -0.1) is 5.10 Å². The summed E-state index contributed by atoms with van der Waals surface area (Å²) < 4.78 is 1.25. The molecule has 100 valence electrons. The molecule has 8 nitrogen and oxygen atoms in total. The Bertz CT molecular complexity index is 642. The zero-order valence-corrected chi connectivity index (χ0v) is 10.5. The van der Waals surface area contributed by atoms with Gasteiger partial charge >= 0.3 is 5.97 Å². The third-order valence-corrected chi connectivity index (χ3v) is 3.13. The van der Waals surface area contributed by atoms with Gasteiger partial charge in [0.15, 0.2) is 11.4 Å². The van der Waals surface area contributed by atoms with Crippen molar-refractivity contribution in [2.24, 2.45) is 0 Å². The summed E-state index contributed by atoms with van der Waals surface area (Å²) in [5.74, 6) is -0.726. The van der Waals surface area contributed by atoms with Gasteiger partial charge in [0.1, 0.15) is 0 Å². The minimum absolute atomic E-state index is 0.251. The van der Waals surface area contributed by atoms with Crippen molar-refractivity contribution >= 4 is 5.97 Å². The highest BCUT2D eigenvalue weighted by Gasteiger charge is 2.37. The molecule has 0 radical (unpaired) electrons. The van der Waals surface area contributed by atoms with Crippen LogP contribution in [0.1, 0.15) is 20.3 Å². The molecular weight excluding hydrogens is 250 g/mol. The lowest BCUT2D eigenvalue weighted by molar-refractivity contribution is -0.147. The van der Waals surface area contributed by atoms with Crippen molar-refractivity contribution < 1.29 is 9.90 Å². The first-order chi connectivity index (χ1) is 8.99. The van der Waals surface area contributed by atoms with E-state index >= 15 is 0 Å². The van der Waals surface area contributed by atoms with E-state index in [1.165, 1.54) is 16.9 Å². The second-order valence-corrected chi connectivity index (χ2v) is 4.29. The summed E-state index contributed by atoms with van der Waals surface area (Å²) in [7, 11) is 0. The van der Waals surface area contributed by atoms with Crippen LogP contribution in [0.15, 0.2) is 23.1 Å². The smallest absolute Gasteiger partial charge is 0.331 e. The molecule has 0 fully saturated rings. The summed E-state index contributed by atoms with van der Waals surface area (Å²) in [6, 6.07) is 2.87. The largest absolute Gasteiger partial charge is 0.479 e. The number of rotatable bonds is 4. The zero-order valence-electron chi connectivity index (χ0n) is 10.5. The van der Waals surface area contributed by atoms with E-state index < -0.39 is 11.5 Å². The molecule has 0 spiro atoms. The lowest BCUT2D eigenvalue weighted by atomic mass is 9.99. The Hall–Kier alpha value is -2.51. The highest BCUT2D eigenvalue weighted by molar-refractivity contribution is 5.77. The van der Waals surface area contributed by atoms with Gasteiger partial charge in [0.05, 0.1) is 0 Å². The number of H-pyrrole nitrogens is 1. The monoisotopic (exact) mass is 263 g/mol. The van der Waals surface area contributed by atoms with Gasteiger partial charge in [-0.2, -0.15) is 0 Å². The van der Waals surface area contributed by atoms with Gasteiger partial charge in [-0.1, -0.05) is 6.92 Å². The molecule has 19 heavy (non-hydrogen) atoms. The Kier molecular flexibility index (Phi) is 3.16. The zero-order chi connectivity index (χ0) is 14.0. The molecule has 1 atom stereocenters. The van der Waals surface area contributed by atoms with Crippen LogP contribution < -0.4 is 5.56 Å². The van der Waals surface area contributed by atoms with Crippen LogP contribution in [-0.2, 0) is 10.3 Å². The predicted octanol–water partition coefficient (Wildman–Crippen LogP) is 0.238. The summed E-state index contributed by atoms with van der Waals surface area (Å²) in [6.07, 6.45) is 1.77. The molecular formula is C11H13N5O3. The molecule has 2 aromatic rings. The predicted molar refractivity (Wildman–Crippen MR) is 65.4 cm³/mol. The van der Waals surface area contributed by atoms with Crippen molar-refractivity contribution in [1.29, 1.82) is 0 Å². The lowest BCUT2D eigenvalue weighted by Gasteiger charge is -2.23. The number of aromatic nitrogens is 5. The maximum Gasteiger partial charge on any atom is 0.331 e. The fourth-order valence-corrected chi connectivity index (χ4v) is 1.64. The van der Waals surface area contributed by atoms with Gasteiger partial charge in [-0.25, -0.2) is 9.48 Å². The van der Waals surface area contributed by atoms with Gasteiger partial charge in [-0.3, -0.25) is 4.79 Å². The molecule has 1 unspecified atom stereocenters. The number of carbonyl (C=O) groups is 1. The van der Waals surface area contributed by atoms with Crippen LogP contribution in [0.4, 0.5) is 0 Å². The van der Waals surface area contributed by atoms with Crippen LogP contribution in [0.3, 0.4) is 0 Å². The van der Waals surface area contributed by atoms with Gasteiger partial charge in [-0.05, 0) is 29.8 Å². The molecule has 0 bridgehead atoms. The molecule has 0 aliphatic carbocycles. The van der Waals surface area contributed by atoms with Crippen LogP contribution in [0, 0.1) is 0 Å². The second kappa shape index (κ2) is 4.63. The number of carboxylic acids is 1. The highest BCUT2D eigenvalue weighted by atomic mass is 16.4. The van der Waals surface area contributed by atoms with Crippen LogP contribution in [0.25, 0.3) is 11.4 Å². The van der Waals surface area contributed by atoms with Crippen LogP contribution >= 0.6 is 0 Å². The van der Waals surface area contributed by atoms with Crippen molar-refractivity contribution in [1.82, 2.24) is 25.2 Å². The first kappa shape index (κ1) is 12.9. The molecule has 0 saturated heterocycles. The number of hydrogen-bond donors (Lipinski definition) is 2. The van der Waals surface area contributed by atoms with E-state index in [1.54, 1.807) is 19.9 Å². The van der Waals surface area contributed by atoms with E-state index in [-0.39, 0.29) is 5.56 Å². The molecule has 0 aromatic carbocycles. The number of tetrazole rings is 1. The van der Waals surface area contributed by atoms with Crippen LogP contribution in [0.5, 0.6) is 0 Å². The lowest BCUT2D eigenvalue weighted by Crippen LogP contribution is -2.39. The molecule has 0 amide bonds. The van der Waals surface area contributed by atoms with Gasteiger partial charge in [0, 0.05) is 17.8 Å². The first-order valence-corrected chi connectivity index (χ1v) is 5.70. The Balaban J connectivity index is 2.57. The maximum atomic E-state index is 11.4. The summed E-state index contributed by atoms with van der Waals surface area (Å²) >= 11 is 0. The first-order valence-electron chi connectivity index (χ1n) is 5.70. The van der Waals surface area contributed by atoms with Gasteiger partial charge < -0.3 is 10.1 Å². The second-order valence-electron chi connectivity index (χ2n) is 4.29. The van der Waals surface area contributed by atoms with Crippen molar-refractivity contribution in [2.45, 2.75) is 25.8 Å². The number of nitrogens with zero attached hydrogens (tertiary/aromatic N) is 4. The van der Waals surface area contributed by atoms with E-state index in [1.807, 2.05) is 0 Å². The number of pyridine rings is 1. The molecule has 2 N–H and O–H groups in total. The number of nitrogens with one attached hydrogen (secondary N) is 1. The quantitative estimate of drug-likeness (QED) is 0.816. The minimum atomic E-state index is -1.24. The average Bonchev–Trinajstić information content (AvgIpc) is 2.88. The number of aromatic amines is 1. The molecule has 0 saturated carbocycles. The SMILES string of the molecule is CCC(C)(C(=O)O)n1nnnc1-c1ccc(=O)[nH]c1. The summed E-state index contributed by atoms with van der Waals surface area (Å²) in [4.78, 5) is 24.9. The molecule has 2 aromatic heterocycles. The maximum absolute atomic E-state index is 11.4. The third kappa shape index (κ3) is 2.12. The standard InChI is InChI=1S/C11H13N5O3/c1-3-11(2,10(18)19)16-9(13-14-15-16)7-4-5-8(17)12-6-7/h4-6H,3H2,1-2H3,(H,12,17)(H,18,19). The van der Waals surface area contributed by atoms with Crippen LogP contribution in [-0.4, -0.2) is 36.3 Å². The molecule has 2 heterocycles. The van der Waals surface area contributed by atoms with Crippen molar-refractivity contribution in [3.63, 3.8) is 0 Å². The molecule has 0 aliphatic rings. The Morgan fingerprint density at radius 1 is 1.53 bits per heavy atom. The fraction of sp³-hybridized carbons (Fsp3) is 0.364. The number of hydrogen-bond acceptors (Lipinski definition) is 5. The van der Waals surface area contributed by atoms with E-state index in [0.717, 1.165) is 0 Å². The van der Waals surface area contributed by atoms with Gasteiger partial charge in [0.2, 0.25) is 5.56 Å². The van der Waals surface area contributed by atoms with Gasteiger partial charge in [0.25, 0.3) is 0 Å². The number of aliphatic carboxylic acids is 1. The average molecular weight is 263 g/mol. The normalized spacial score (nSPS) is 14.0. The summed E-state index contributed by atoms with van der Waals surface area (Å²) in [5.41, 5.74) is -0.945. The topological polar surface area (TPSA) is 114 Å². The highest BCUT2D eigenvalue weighted by Crippen LogP contribution is 2.25. The summed E-state index contributed by atoms with van der Waals surface area (Å²) in [5, 5.41) is 20.5. The number of carboxylic acid groups (broad SMARTS) is 1. The Morgan fingerprint density at radius 2 is 2.26 bits per heavy atom. The van der Waals surface area contributed by atoms with E-state index in [2.05, 4.69) is 20.5 Å². The molecule has 8 heteroatoms. The van der Waals surface area contributed by atoms with Crippen LogP contribution in [0.2, 0.25) is 0 Å². The molecule has 0 aliphatic heterocycles. The van der Waals surface area contributed by atoms with E-state index in [0.29, 0.717) is 17.8 Å². The fourth-order valence-electron chi connectivity index (χ4n) is 1.64. The van der Waals surface area contributed by atoms with E-state index in [4.69, 9.17) is 0 Å². The van der Waals surface area contributed by atoms with Crippen molar-refractivity contribution in [3.8, 4) is 11.4 Å². The Morgan fingerprint density at radius 3 is 2.79 bits per heavy atom. The van der Waals surface area contributed by atoms with Crippen molar-refractivity contribution in [2.75, 3.05) is 0 Å². The molecule has 2 rings (SSSR count). The van der Waals surface area contributed by atoms with Crippen molar-refractivity contribution in [3.05, 3.63) is 28.7 Å².